The van der Waals surface area contributed by atoms with Crippen molar-refractivity contribution < 1.29 is 27.9 Å². The number of nitrogens with zero attached hydrogens (tertiary/aromatic N) is 3. The Balaban J connectivity index is 1.47. The first kappa shape index (κ1) is 28.6. The largest absolute Gasteiger partial charge is 0.483 e. The topological polar surface area (TPSA) is 102 Å². The fraction of sp³-hybridized carbons (Fsp3) is 0.375. The molecule has 9 nitrogen and oxygen atoms in total. The zero-order valence-electron chi connectivity index (χ0n) is 24.1. The average Bonchev–Trinajstić information content (AvgIpc) is 3.20. The minimum absolute atomic E-state index is 0.0112. The van der Waals surface area contributed by atoms with Gasteiger partial charge < -0.3 is 24.4 Å². The summed E-state index contributed by atoms with van der Waals surface area (Å²) in [5.74, 6) is -3.06. The van der Waals surface area contributed by atoms with Crippen LogP contribution in [0.4, 0.5) is 8.78 Å². The average molecular weight is 591 g/mol. The monoisotopic (exact) mass is 590 g/mol. The maximum atomic E-state index is 14.3. The zero-order chi connectivity index (χ0) is 30.5. The quantitative estimate of drug-likeness (QED) is 0.453. The lowest BCUT2D eigenvalue weighted by molar-refractivity contribution is -0.0865. The smallest absolute Gasteiger partial charge is 0.274 e. The third-order valence-electron chi connectivity index (χ3n) is 9.05. The zero-order valence-corrected chi connectivity index (χ0v) is 24.1. The summed E-state index contributed by atoms with van der Waals surface area (Å²) < 4.78 is 35.4. The molecule has 1 aromatic heterocycles. The minimum atomic E-state index is -0.822. The molecule has 11 heteroatoms. The van der Waals surface area contributed by atoms with Crippen molar-refractivity contribution >= 4 is 17.5 Å². The summed E-state index contributed by atoms with van der Waals surface area (Å²) >= 11 is 0. The van der Waals surface area contributed by atoms with Crippen LogP contribution in [-0.4, -0.2) is 45.2 Å². The molecule has 3 aromatic rings. The molecule has 3 aliphatic heterocycles. The van der Waals surface area contributed by atoms with E-state index in [1.165, 1.54) is 12.3 Å². The molecule has 1 spiro atoms. The van der Waals surface area contributed by atoms with Gasteiger partial charge in [-0.2, -0.15) is 0 Å². The van der Waals surface area contributed by atoms with Gasteiger partial charge in [0.15, 0.2) is 17.0 Å². The normalized spacial score (nSPS) is 24.2. The molecule has 3 aliphatic rings. The fourth-order valence-electron chi connectivity index (χ4n) is 6.32. The van der Waals surface area contributed by atoms with Crippen molar-refractivity contribution in [2.24, 2.45) is 11.1 Å². The van der Waals surface area contributed by atoms with Crippen molar-refractivity contribution in [3.8, 4) is 5.75 Å². The SMILES string of the molecule is CC1=NO[C@]2(CC[C@H](C)N3C[C@H]2n2cc(C(=O)NCc4ccc(F)cc4F)c(=O)c(OCc4ccccc4)c2C3=O)C1C. The van der Waals surface area contributed by atoms with Crippen LogP contribution in [0.5, 0.6) is 5.75 Å². The number of amides is 2. The Hall–Kier alpha value is -4.54. The van der Waals surface area contributed by atoms with E-state index in [9.17, 15) is 23.2 Å². The molecule has 1 fully saturated rings. The highest BCUT2D eigenvalue weighted by Crippen LogP contribution is 2.48. The number of ether oxygens (including phenoxy) is 1. The maximum Gasteiger partial charge on any atom is 0.274 e. The summed E-state index contributed by atoms with van der Waals surface area (Å²) in [4.78, 5) is 49.4. The number of oxime groups is 1. The second kappa shape index (κ2) is 10.9. The highest BCUT2D eigenvalue weighted by Gasteiger charge is 2.57. The molecule has 2 amide bonds. The van der Waals surface area contributed by atoms with Gasteiger partial charge in [-0.25, -0.2) is 8.78 Å². The minimum Gasteiger partial charge on any atom is -0.483 e. The lowest BCUT2D eigenvalue weighted by Crippen LogP contribution is -2.54. The summed E-state index contributed by atoms with van der Waals surface area (Å²) in [6.07, 6.45) is 2.64. The van der Waals surface area contributed by atoms with Crippen LogP contribution in [0, 0.1) is 17.6 Å². The number of carbonyl (C=O) groups is 2. The van der Waals surface area contributed by atoms with Crippen LogP contribution < -0.4 is 15.5 Å². The van der Waals surface area contributed by atoms with Crippen LogP contribution >= 0.6 is 0 Å². The van der Waals surface area contributed by atoms with Crippen LogP contribution in [-0.2, 0) is 18.0 Å². The lowest BCUT2D eigenvalue weighted by atomic mass is 9.76. The molecule has 4 heterocycles. The van der Waals surface area contributed by atoms with E-state index < -0.39 is 34.6 Å². The molecule has 2 bridgehead atoms. The first-order valence-electron chi connectivity index (χ1n) is 14.3. The van der Waals surface area contributed by atoms with Gasteiger partial charge in [0, 0.05) is 42.9 Å². The Morgan fingerprint density at radius 3 is 2.63 bits per heavy atom. The molecular formula is C32H32F2N4O5. The van der Waals surface area contributed by atoms with Crippen molar-refractivity contribution in [2.75, 3.05) is 6.54 Å². The standard InChI is InChI=1S/C32H32F2N4O5/c1-18-11-12-32(19(2)20(3)36-43-32)26-16-37(18)31(41)27-29(42-17-21-7-5-4-6-8-21)28(39)24(15-38(26)27)30(40)35-14-22-9-10-23(33)13-25(22)34/h4-10,13,15,18-19,26H,11-12,14,16-17H2,1-3H3,(H,35,40)/t18-,19?,26+,32+/m0/s1. The van der Waals surface area contributed by atoms with Gasteiger partial charge in [-0.15, -0.1) is 0 Å². The Morgan fingerprint density at radius 2 is 1.93 bits per heavy atom. The van der Waals surface area contributed by atoms with Gasteiger partial charge in [0.05, 0.1) is 11.8 Å². The summed E-state index contributed by atoms with van der Waals surface area (Å²) in [5.41, 5.74) is -0.165. The highest BCUT2D eigenvalue weighted by atomic mass is 19.1. The number of halogens is 2. The second-order valence-electron chi connectivity index (χ2n) is 11.5. The molecule has 1 saturated heterocycles. The van der Waals surface area contributed by atoms with Gasteiger partial charge in [0.2, 0.25) is 5.43 Å². The van der Waals surface area contributed by atoms with Crippen LogP contribution in [0.25, 0.3) is 0 Å². The molecular weight excluding hydrogens is 558 g/mol. The molecule has 43 heavy (non-hydrogen) atoms. The summed E-state index contributed by atoms with van der Waals surface area (Å²) in [5, 5.41) is 6.88. The van der Waals surface area contributed by atoms with Crippen LogP contribution in [0.2, 0.25) is 0 Å². The van der Waals surface area contributed by atoms with Gasteiger partial charge in [0.25, 0.3) is 11.8 Å². The van der Waals surface area contributed by atoms with Crippen molar-refractivity contribution in [2.45, 2.75) is 64.4 Å². The third-order valence-corrected chi connectivity index (χ3v) is 9.05. The van der Waals surface area contributed by atoms with E-state index in [2.05, 4.69) is 10.5 Å². The number of hydrogen-bond acceptors (Lipinski definition) is 6. The Bertz CT molecular complexity index is 1690. The Labute approximate surface area is 247 Å². The van der Waals surface area contributed by atoms with E-state index in [4.69, 9.17) is 9.57 Å². The van der Waals surface area contributed by atoms with Crippen LogP contribution in [0.3, 0.4) is 0 Å². The lowest BCUT2D eigenvalue weighted by Gasteiger charge is -2.43. The maximum absolute atomic E-state index is 14.3. The third kappa shape index (κ3) is 4.86. The molecule has 0 aliphatic carbocycles. The van der Waals surface area contributed by atoms with E-state index in [0.717, 1.165) is 23.4 Å². The molecule has 2 aromatic carbocycles. The highest BCUT2D eigenvalue weighted by molar-refractivity contribution is 5.99. The molecule has 4 atom stereocenters. The first-order chi connectivity index (χ1) is 20.6. The number of carbonyl (C=O) groups excluding carboxylic acids is 2. The number of benzene rings is 2. The Kier molecular flexibility index (Phi) is 7.27. The van der Waals surface area contributed by atoms with Gasteiger partial charge in [-0.1, -0.05) is 48.5 Å². The predicted molar refractivity (Wildman–Crippen MR) is 154 cm³/mol. The predicted octanol–water partition coefficient (Wildman–Crippen LogP) is 4.60. The number of nitrogens with one attached hydrogen (secondary N) is 1. The van der Waals surface area contributed by atoms with Gasteiger partial charge in [-0.05, 0) is 38.3 Å². The number of hydrogen-bond donors (Lipinski definition) is 1. The van der Waals surface area contributed by atoms with Crippen molar-refractivity contribution in [1.29, 1.82) is 0 Å². The van der Waals surface area contributed by atoms with Gasteiger partial charge >= 0.3 is 0 Å². The van der Waals surface area contributed by atoms with Crippen molar-refractivity contribution in [1.82, 2.24) is 14.8 Å². The van der Waals surface area contributed by atoms with Crippen molar-refractivity contribution in [3.63, 3.8) is 0 Å². The number of rotatable bonds is 6. The van der Waals surface area contributed by atoms with Gasteiger partial charge in [0.1, 0.15) is 23.8 Å². The summed E-state index contributed by atoms with van der Waals surface area (Å²) in [6.45, 7) is 5.90. The molecule has 1 unspecified atom stereocenters. The fourth-order valence-corrected chi connectivity index (χ4v) is 6.32. The molecule has 0 saturated carbocycles. The molecule has 1 N–H and O–H groups in total. The van der Waals surface area contributed by atoms with E-state index in [1.807, 2.05) is 51.1 Å². The molecule has 224 valence electrons. The van der Waals surface area contributed by atoms with E-state index in [-0.39, 0.29) is 53.6 Å². The molecule has 0 radical (unpaired) electrons. The van der Waals surface area contributed by atoms with Crippen LogP contribution in [0.15, 0.2) is 64.7 Å². The number of pyridine rings is 1. The summed E-state index contributed by atoms with van der Waals surface area (Å²) in [7, 11) is 0. The number of fused-ring (bicyclic) bond motifs is 5. The summed E-state index contributed by atoms with van der Waals surface area (Å²) in [6, 6.07) is 11.6. The van der Waals surface area contributed by atoms with E-state index in [0.29, 0.717) is 19.4 Å². The van der Waals surface area contributed by atoms with Crippen molar-refractivity contribution in [3.05, 3.63) is 99.0 Å². The first-order valence-corrected chi connectivity index (χ1v) is 14.3. The number of aromatic nitrogens is 1. The van der Waals surface area contributed by atoms with Crippen LogP contribution in [0.1, 0.15) is 71.6 Å². The Morgan fingerprint density at radius 1 is 1.16 bits per heavy atom. The second-order valence-corrected chi connectivity index (χ2v) is 11.5. The van der Waals surface area contributed by atoms with E-state index >= 15 is 0 Å². The van der Waals surface area contributed by atoms with E-state index in [1.54, 1.807) is 9.47 Å². The molecule has 6 rings (SSSR count). The van der Waals surface area contributed by atoms with Gasteiger partial charge in [-0.3, -0.25) is 14.4 Å².